The van der Waals surface area contributed by atoms with Gasteiger partial charge in [0.05, 0.1) is 6.10 Å². The molecule has 1 aliphatic heterocycles. The summed E-state index contributed by atoms with van der Waals surface area (Å²) in [5.41, 5.74) is 0. The summed E-state index contributed by atoms with van der Waals surface area (Å²) in [6.45, 7) is 4.39. The van der Waals surface area contributed by atoms with Gasteiger partial charge in [0.1, 0.15) is 0 Å². The minimum atomic E-state index is 0.124. The Morgan fingerprint density at radius 3 is 2.93 bits per heavy atom. The van der Waals surface area contributed by atoms with Crippen LogP contribution >= 0.6 is 0 Å². The minimum Gasteiger partial charge on any atom is -0.378 e. The van der Waals surface area contributed by atoms with E-state index in [2.05, 4.69) is 17.6 Å². The third kappa shape index (κ3) is 3.64. The third-order valence-electron chi connectivity index (χ3n) is 2.70. The molecule has 0 radical (unpaired) electrons. The van der Waals surface area contributed by atoms with Gasteiger partial charge >= 0.3 is 0 Å². The van der Waals surface area contributed by atoms with Crippen LogP contribution in [0.5, 0.6) is 0 Å². The number of amides is 1. The van der Waals surface area contributed by atoms with Crippen LogP contribution in [0.25, 0.3) is 0 Å². The van der Waals surface area contributed by atoms with Crippen molar-refractivity contribution in [2.24, 2.45) is 5.92 Å². The van der Waals surface area contributed by atoms with Crippen LogP contribution < -0.4 is 10.6 Å². The third-order valence-corrected chi connectivity index (χ3v) is 2.70. The number of rotatable bonds is 5. The lowest BCUT2D eigenvalue weighted by atomic mass is 10.0. The van der Waals surface area contributed by atoms with E-state index < -0.39 is 0 Å². The fourth-order valence-corrected chi connectivity index (χ4v) is 1.62. The van der Waals surface area contributed by atoms with Crippen molar-refractivity contribution in [3.05, 3.63) is 0 Å². The van der Waals surface area contributed by atoms with Gasteiger partial charge in [-0.15, -0.1) is 0 Å². The summed E-state index contributed by atoms with van der Waals surface area (Å²) in [7, 11) is 1.85. The molecule has 1 rings (SSSR count). The molecule has 0 spiro atoms. The predicted molar refractivity (Wildman–Crippen MR) is 55.1 cm³/mol. The molecule has 0 aromatic heterocycles. The Bertz CT molecular complexity index is 185. The van der Waals surface area contributed by atoms with Crippen molar-refractivity contribution in [1.29, 1.82) is 0 Å². The standard InChI is InChI=1S/C10H20N2O2/c1-8-9(4-6-14-8)7-12-10(13)3-5-11-2/h8-9,11H,3-7H2,1-2H3,(H,12,13). The summed E-state index contributed by atoms with van der Waals surface area (Å²) in [4.78, 5) is 11.3. The molecule has 4 nitrogen and oxygen atoms in total. The van der Waals surface area contributed by atoms with Crippen molar-refractivity contribution in [2.75, 3.05) is 26.7 Å². The summed E-state index contributed by atoms with van der Waals surface area (Å²) in [6.07, 6.45) is 1.91. The minimum absolute atomic E-state index is 0.124. The largest absolute Gasteiger partial charge is 0.378 e. The average Bonchev–Trinajstić information content (AvgIpc) is 2.58. The van der Waals surface area contributed by atoms with Gasteiger partial charge in [-0.25, -0.2) is 0 Å². The first-order valence-electron chi connectivity index (χ1n) is 5.27. The monoisotopic (exact) mass is 200 g/mol. The van der Waals surface area contributed by atoms with Crippen LogP contribution in [0.1, 0.15) is 19.8 Å². The van der Waals surface area contributed by atoms with E-state index >= 15 is 0 Å². The number of carbonyl (C=O) groups is 1. The molecule has 1 aliphatic rings. The molecular formula is C10H20N2O2. The van der Waals surface area contributed by atoms with Crippen molar-refractivity contribution in [3.63, 3.8) is 0 Å². The lowest BCUT2D eigenvalue weighted by molar-refractivity contribution is -0.121. The fraction of sp³-hybridized carbons (Fsp3) is 0.900. The topological polar surface area (TPSA) is 50.4 Å². The summed E-state index contributed by atoms with van der Waals surface area (Å²) < 4.78 is 5.42. The van der Waals surface area contributed by atoms with Crippen LogP contribution in [0.3, 0.4) is 0 Å². The Hall–Kier alpha value is -0.610. The van der Waals surface area contributed by atoms with Crippen molar-refractivity contribution >= 4 is 5.91 Å². The fourth-order valence-electron chi connectivity index (χ4n) is 1.62. The second kappa shape index (κ2) is 5.98. The Morgan fingerprint density at radius 1 is 1.57 bits per heavy atom. The molecule has 2 unspecified atom stereocenters. The molecule has 0 saturated carbocycles. The lowest BCUT2D eigenvalue weighted by Crippen LogP contribution is -2.33. The molecule has 14 heavy (non-hydrogen) atoms. The van der Waals surface area contributed by atoms with E-state index in [4.69, 9.17) is 4.74 Å². The van der Waals surface area contributed by atoms with E-state index in [1.807, 2.05) is 7.05 Å². The maximum absolute atomic E-state index is 11.3. The Kier molecular flexibility index (Phi) is 4.90. The molecular weight excluding hydrogens is 180 g/mol. The van der Waals surface area contributed by atoms with Crippen LogP contribution in [0.15, 0.2) is 0 Å². The molecule has 1 saturated heterocycles. The zero-order valence-corrected chi connectivity index (χ0v) is 9.01. The van der Waals surface area contributed by atoms with E-state index in [-0.39, 0.29) is 5.91 Å². The molecule has 2 N–H and O–H groups in total. The average molecular weight is 200 g/mol. The molecule has 2 atom stereocenters. The number of hydrogen-bond donors (Lipinski definition) is 2. The van der Waals surface area contributed by atoms with Gasteiger partial charge in [-0.2, -0.15) is 0 Å². The molecule has 1 heterocycles. The van der Waals surface area contributed by atoms with E-state index in [0.717, 1.165) is 26.1 Å². The number of nitrogens with one attached hydrogen (secondary N) is 2. The second-order valence-electron chi connectivity index (χ2n) is 3.78. The number of ether oxygens (including phenoxy) is 1. The van der Waals surface area contributed by atoms with Crippen LogP contribution in [0, 0.1) is 5.92 Å². The zero-order valence-electron chi connectivity index (χ0n) is 9.01. The molecule has 1 amide bonds. The first kappa shape index (κ1) is 11.5. The molecule has 0 bridgehead atoms. The maximum Gasteiger partial charge on any atom is 0.221 e. The van der Waals surface area contributed by atoms with E-state index in [1.54, 1.807) is 0 Å². The van der Waals surface area contributed by atoms with Gasteiger partial charge < -0.3 is 15.4 Å². The molecule has 0 aliphatic carbocycles. The van der Waals surface area contributed by atoms with Gasteiger partial charge in [-0.1, -0.05) is 0 Å². The number of hydrogen-bond acceptors (Lipinski definition) is 3. The van der Waals surface area contributed by atoms with Crippen molar-refractivity contribution in [2.45, 2.75) is 25.9 Å². The summed E-state index contributed by atoms with van der Waals surface area (Å²) >= 11 is 0. The first-order valence-corrected chi connectivity index (χ1v) is 5.27. The van der Waals surface area contributed by atoms with Crippen molar-refractivity contribution in [3.8, 4) is 0 Å². The van der Waals surface area contributed by atoms with Crippen LogP contribution in [0.2, 0.25) is 0 Å². The highest BCUT2D eigenvalue weighted by Gasteiger charge is 2.24. The van der Waals surface area contributed by atoms with Crippen LogP contribution in [0.4, 0.5) is 0 Å². The highest BCUT2D eigenvalue weighted by Crippen LogP contribution is 2.19. The quantitative estimate of drug-likeness (QED) is 0.663. The first-order chi connectivity index (χ1) is 6.74. The normalized spacial score (nSPS) is 26.4. The Morgan fingerprint density at radius 2 is 2.36 bits per heavy atom. The van der Waals surface area contributed by atoms with E-state index in [9.17, 15) is 4.79 Å². The summed E-state index contributed by atoms with van der Waals surface area (Å²) in [5, 5.41) is 5.88. The van der Waals surface area contributed by atoms with Crippen LogP contribution in [-0.4, -0.2) is 38.8 Å². The van der Waals surface area contributed by atoms with Gasteiger partial charge in [0, 0.05) is 32.0 Å². The smallest absolute Gasteiger partial charge is 0.221 e. The van der Waals surface area contributed by atoms with Gasteiger partial charge in [0.15, 0.2) is 0 Å². The second-order valence-corrected chi connectivity index (χ2v) is 3.78. The molecule has 82 valence electrons. The van der Waals surface area contributed by atoms with Gasteiger partial charge in [-0.3, -0.25) is 4.79 Å². The van der Waals surface area contributed by atoms with Crippen molar-refractivity contribution in [1.82, 2.24) is 10.6 Å². The van der Waals surface area contributed by atoms with Crippen LogP contribution in [-0.2, 0) is 9.53 Å². The SMILES string of the molecule is CNCCC(=O)NCC1CCOC1C. The van der Waals surface area contributed by atoms with Gasteiger partial charge in [0.25, 0.3) is 0 Å². The van der Waals surface area contributed by atoms with E-state index in [0.29, 0.717) is 18.4 Å². The van der Waals surface area contributed by atoms with Crippen molar-refractivity contribution < 1.29 is 9.53 Å². The maximum atomic E-state index is 11.3. The van der Waals surface area contributed by atoms with Gasteiger partial charge in [0.2, 0.25) is 5.91 Å². The molecule has 4 heteroatoms. The van der Waals surface area contributed by atoms with E-state index in [1.165, 1.54) is 0 Å². The molecule has 0 aromatic carbocycles. The molecule has 1 fully saturated rings. The van der Waals surface area contributed by atoms with Gasteiger partial charge in [-0.05, 0) is 20.4 Å². The number of carbonyl (C=O) groups excluding carboxylic acids is 1. The highest BCUT2D eigenvalue weighted by atomic mass is 16.5. The Labute approximate surface area is 85.4 Å². The predicted octanol–water partition coefficient (Wildman–Crippen LogP) is 0.137. The summed E-state index contributed by atoms with van der Waals surface area (Å²) in [5.74, 6) is 0.618. The summed E-state index contributed by atoms with van der Waals surface area (Å²) in [6, 6.07) is 0. The molecule has 0 aromatic rings. The lowest BCUT2D eigenvalue weighted by Gasteiger charge is -2.14. The highest BCUT2D eigenvalue weighted by molar-refractivity contribution is 5.76. The zero-order chi connectivity index (χ0) is 10.4. The Balaban J connectivity index is 2.10.